The fraction of sp³-hybridized carbons (Fsp3) is 0.500. The fourth-order valence-corrected chi connectivity index (χ4v) is 5.77. The van der Waals surface area contributed by atoms with Gasteiger partial charge < -0.3 is 9.80 Å². The van der Waals surface area contributed by atoms with E-state index in [2.05, 4.69) is 44.9 Å². The van der Waals surface area contributed by atoms with Gasteiger partial charge in [0.1, 0.15) is 11.0 Å². The van der Waals surface area contributed by atoms with E-state index >= 15 is 0 Å². The minimum atomic E-state index is 0.0315. The number of nitrogens with zero attached hydrogens (tertiary/aromatic N) is 5. The molecule has 2 saturated heterocycles. The lowest BCUT2D eigenvalue weighted by Gasteiger charge is -2.25. The van der Waals surface area contributed by atoms with E-state index in [0.717, 1.165) is 61.7 Å². The highest BCUT2D eigenvalue weighted by atomic mass is 32.1. The molecule has 0 aliphatic carbocycles. The molecule has 2 fully saturated rings. The number of fused-ring (bicyclic) bond motifs is 1. The lowest BCUT2D eigenvalue weighted by Crippen LogP contribution is -2.28. The molecule has 0 radical (unpaired) electrons. The van der Waals surface area contributed by atoms with Gasteiger partial charge >= 0.3 is 0 Å². The van der Waals surface area contributed by atoms with Crippen LogP contribution in [0.5, 0.6) is 0 Å². The molecule has 0 amide bonds. The van der Waals surface area contributed by atoms with Gasteiger partial charge in [0.15, 0.2) is 0 Å². The van der Waals surface area contributed by atoms with E-state index in [9.17, 15) is 4.79 Å². The van der Waals surface area contributed by atoms with E-state index in [0.29, 0.717) is 0 Å². The smallest absolute Gasteiger partial charge is 0.275 e. The Morgan fingerprint density at radius 1 is 0.903 bits per heavy atom. The van der Waals surface area contributed by atoms with E-state index in [1.54, 1.807) is 22.2 Å². The standard InChI is InChI=1S/C24H31N5OS/c1-26-10-5-13-28(15-14-26)19-6-8-20(9-7-19)29-18-25-22-16-21(31-23(22)24(29)30)17-27-11-3-2-4-12-27/h6-9,16,18H,2-5,10-15,17H2,1H3. The van der Waals surface area contributed by atoms with E-state index in [4.69, 9.17) is 0 Å². The molecule has 31 heavy (non-hydrogen) atoms. The van der Waals surface area contributed by atoms with Crippen LogP contribution >= 0.6 is 11.3 Å². The molecule has 3 aromatic rings. The molecule has 2 aliphatic rings. The van der Waals surface area contributed by atoms with Crippen molar-refractivity contribution in [2.24, 2.45) is 0 Å². The largest absolute Gasteiger partial charge is 0.370 e. The molecular formula is C24H31N5OS. The Balaban J connectivity index is 1.37. The lowest BCUT2D eigenvalue weighted by atomic mass is 10.1. The van der Waals surface area contributed by atoms with Crippen molar-refractivity contribution in [3.8, 4) is 5.69 Å². The molecule has 0 unspecified atom stereocenters. The van der Waals surface area contributed by atoms with Crippen LogP contribution in [0.4, 0.5) is 5.69 Å². The molecule has 6 nitrogen and oxygen atoms in total. The van der Waals surface area contributed by atoms with Gasteiger partial charge in [-0.25, -0.2) is 4.98 Å². The van der Waals surface area contributed by atoms with Gasteiger partial charge in [0.05, 0.1) is 11.2 Å². The molecule has 1 aromatic carbocycles. The predicted molar refractivity (Wildman–Crippen MR) is 129 cm³/mol. The monoisotopic (exact) mass is 437 g/mol. The van der Waals surface area contributed by atoms with Crippen LogP contribution in [-0.4, -0.2) is 65.7 Å². The molecule has 4 heterocycles. The number of likely N-dealkylation sites (tertiary alicyclic amines) is 1. The summed E-state index contributed by atoms with van der Waals surface area (Å²) >= 11 is 1.60. The highest BCUT2D eigenvalue weighted by molar-refractivity contribution is 7.18. The van der Waals surface area contributed by atoms with Gasteiger partial charge in [0, 0.05) is 36.7 Å². The number of benzene rings is 1. The summed E-state index contributed by atoms with van der Waals surface area (Å²) in [5.41, 5.74) is 2.95. The van der Waals surface area contributed by atoms with Crippen molar-refractivity contribution in [2.75, 3.05) is 51.2 Å². The second-order valence-corrected chi connectivity index (χ2v) is 9.98. The summed E-state index contributed by atoms with van der Waals surface area (Å²) in [6.45, 7) is 7.60. The van der Waals surface area contributed by atoms with Crippen LogP contribution in [0, 0.1) is 0 Å². The number of hydrogen-bond donors (Lipinski definition) is 0. The summed E-state index contributed by atoms with van der Waals surface area (Å²) in [6.07, 6.45) is 6.75. The topological polar surface area (TPSA) is 44.6 Å². The Hall–Kier alpha value is -2.22. The molecule has 7 heteroatoms. The Kier molecular flexibility index (Phi) is 6.07. The summed E-state index contributed by atoms with van der Waals surface area (Å²) in [7, 11) is 2.19. The maximum absolute atomic E-state index is 13.2. The lowest BCUT2D eigenvalue weighted by molar-refractivity contribution is 0.223. The summed E-state index contributed by atoms with van der Waals surface area (Å²) in [6, 6.07) is 10.4. The van der Waals surface area contributed by atoms with Crippen molar-refractivity contribution in [3.63, 3.8) is 0 Å². The summed E-state index contributed by atoms with van der Waals surface area (Å²) in [4.78, 5) is 26.4. The average molecular weight is 438 g/mol. The Morgan fingerprint density at radius 2 is 1.68 bits per heavy atom. The first-order chi connectivity index (χ1) is 15.2. The third-order valence-corrected chi connectivity index (χ3v) is 7.63. The number of thiophene rings is 1. The van der Waals surface area contributed by atoms with E-state index in [1.807, 2.05) is 12.1 Å². The van der Waals surface area contributed by atoms with E-state index in [1.165, 1.54) is 36.2 Å². The number of piperidine rings is 1. The van der Waals surface area contributed by atoms with Crippen LogP contribution in [-0.2, 0) is 6.54 Å². The SMILES string of the molecule is CN1CCCN(c2ccc(-n3cnc4cc(CN5CCCCC5)sc4c3=O)cc2)CC1. The van der Waals surface area contributed by atoms with Gasteiger partial charge in [-0.15, -0.1) is 11.3 Å². The average Bonchev–Trinajstić information content (AvgIpc) is 3.08. The van der Waals surface area contributed by atoms with Crippen LogP contribution in [0.2, 0.25) is 0 Å². The number of likely N-dealkylation sites (N-methyl/N-ethyl adjacent to an activating group) is 1. The maximum Gasteiger partial charge on any atom is 0.275 e. The first kappa shape index (κ1) is 20.7. The first-order valence-corrected chi connectivity index (χ1v) is 12.3. The third-order valence-electron chi connectivity index (χ3n) is 6.53. The van der Waals surface area contributed by atoms with Gasteiger partial charge in [-0.2, -0.15) is 0 Å². The van der Waals surface area contributed by atoms with E-state index < -0.39 is 0 Å². The zero-order valence-corrected chi connectivity index (χ0v) is 19.1. The Bertz CT molecular complexity index is 1080. The van der Waals surface area contributed by atoms with Crippen molar-refractivity contribution in [3.05, 3.63) is 51.9 Å². The zero-order chi connectivity index (χ0) is 21.2. The molecule has 0 N–H and O–H groups in total. The molecule has 2 aliphatic heterocycles. The third kappa shape index (κ3) is 4.54. The summed E-state index contributed by atoms with van der Waals surface area (Å²) < 4.78 is 2.44. The van der Waals surface area contributed by atoms with Gasteiger partial charge in [-0.05, 0) is 76.3 Å². The van der Waals surface area contributed by atoms with Gasteiger partial charge in [-0.1, -0.05) is 6.42 Å². The van der Waals surface area contributed by atoms with Crippen LogP contribution in [0.25, 0.3) is 15.9 Å². The summed E-state index contributed by atoms with van der Waals surface area (Å²) in [5.74, 6) is 0. The first-order valence-electron chi connectivity index (χ1n) is 11.4. The van der Waals surface area contributed by atoms with Crippen LogP contribution < -0.4 is 10.5 Å². The molecule has 0 atom stereocenters. The fourth-order valence-electron chi connectivity index (χ4n) is 4.69. The molecule has 0 spiro atoms. The number of aromatic nitrogens is 2. The second kappa shape index (κ2) is 9.10. The maximum atomic E-state index is 13.2. The van der Waals surface area contributed by atoms with Crippen LogP contribution in [0.1, 0.15) is 30.6 Å². The highest BCUT2D eigenvalue weighted by Crippen LogP contribution is 2.25. The number of rotatable bonds is 4. The predicted octanol–water partition coefficient (Wildman–Crippen LogP) is 3.58. The quantitative estimate of drug-likeness (QED) is 0.624. The number of hydrogen-bond acceptors (Lipinski definition) is 6. The van der Waals surface area contributed by atoms with E-state index in [-0.39, 0.29) is 5.56 Å². The van der Waals surface area contributed by atoms with Gasteiger partial charge in [0.25, 0.3) is 5.56 Å². The normalized spacial score (nSPS) is 19.1. The van der Waals surface area contributed by atoms with Crippen LogP contribution in [0.3, 0.4) is 0 Å². The van der Waals surface area contributed by atoms with Gasteiger partial charge in [0.2, 0.25) is 0 Å². The minimum Gasteiger partial charge on any atom is -0.370 e. The van der Waals surface area contributed by atoms with Crippen molar-refractivity contribution in [1.82, 2.24) is 19.4 Å². The molecular weight excluding hydrogens is 406 g/mol. The molecule has 0 saturated carbocycles. The number of anilines is 1. The highest BCUT2D eigenvalue weighted by Gasteiger charge is 2.16. The molecule has 2 aromatic heterocycles. The zero-order valence-electron chi connectivity index (χ0n) is 18.3. The minimum absolute atomic E-state index is 0.0315. The van der Waals surface area contributed by atoms with Crippen molar-refractivity contribution >= 4 is 27.2 Å². The van der Waals surface area contributed by atoms with Crippen molar-refractivity contribution in [1.29, 1.82) is 0 Å². The molecule has 0 bridgehead atoms. The Labute approximate surface area is 187 Å². The van der Waals surface area contributed by atoms with Crippen molar-refractivity contribution in [2.45, 2.75) is 32.2 Å². The Morgan fingerprint density at radius 3 is 2.48 bits per heavy atom. The van der Waals surface area contributed by atoms with Gasteiger partial charge in [-0.3, -0.25) is 14.3 Å². The second-order valence-electron chi connectivity index (χ2n) is 8.84. The van der Waals surface area contributed by atoms with Crippen molar-refractivity contribution < 1.29 is 0 Å². The van der Waals surface area contributed by atoms with Crippen LogP contribution in [0.15, 0.2) is 41.5 Å². The summed E-state index contributed by atoms with van der Waals surface area (Å²) in [5, 5.41) is 0. The molecule has 5 rings (SSSR count). The molecule has 164 valence electrons.